The molecule has 0 saturated carbocycles. The van der Waals surface area contributed by atoms with Crippen molar-refractivity contribution in [1.29, 1.82) is 0 Å². The van der Waals surface area contributed by atoms with Gasteiger partial charge in [0.25, 0.3) is 0 Å². The average molecular weight is 278 g/mol. The Kier molecular flexibility index (Phi) is 3.43. The molecule has 0 N–H and O–H groups in total. The van der Waals surface area contributed by atoms with Gasteiger partial charge in [-0.05, 0) is 19.8 Å². The van der Waals surface area contributed by atoms with E-state index in [4.69, 9.17) is 4.74 Å². The molecule has 5 heteroatoms. The van der Waals surface area contributed by atoms with Crippen molar-refractivity contribution >= 4 is 27.9 Å². The van der Waals surface area contributed by atoms with Gasteiger partial charge in [0.1, 0.15) is 5.60 Å². The highest BCUT2D eigenvalue weighted by Crippen LogP contribution is 2.34. The van der Waals surface area contributed by atoms with E-state index < -0.39 is 11.7 Å². The highest BCUT2D eigenvalue weighted by Gasteiger charge is 2.51. The van der Waals surface area contributed by atoms with Crippen molar-refractivity contribution in [2.75, 3.05) is 5.33 Å². The van der Waals surface area contributed by atoms with Crippen molar-refractivity contribution < 1.29 is 14.3 Å². The Labute approximate surface area is 98.1 Å². The lowest BCUT2D eigenvalue weighted by molar-refractivity contribution is -0.127. The second kappa shape index (κ2) is 4.12. The van der Waals surface area contributed by atoms with Crippen LogP contribution >= 0.6 is 15.9 Å². The molecule has 0 aliphatic carbocycles. The number of alkyl halides is 1. The van der Waals surface area contributed by atoms with Crippen LogP contribution in [0.25, 0.3) is 0 Å². The van der Waals surface area contributed by atoms with E-state index in [9.17, 15) is 9.59 Å². The highest BCUT2D eigenvalue weighted by molar-refractivity contribution is 9.09. The van der Waals surface area contributed by atoms with Gasteiger partial charge in [-0.1, -0.05) is 29.8 Å². The highest BCUT2D eigenvalue weighted by atomic mass is 79.9. The van der Waals surface area contributed by atoms with Crippen LogP contribution in [0.1, 0.15) is 27.7 Å². The van der Waals surface area contributed by atoms with Gasteiger partial charge >= 0.3 is 6.09 Å². The molecule has 4 nitrogen and oxygen atoms in total. The van der Waals surface area contributed by atoms with Crippen molar-refractivity contribution in [2.24, 2.45) is 5.92 Å². The number of carbonyl (C=O) groups is 2. The molecule has 1 fully saturated rings. The minimum absolute atomic E-state index is 0.140. The Bertz CT molecular complexity index is 288. The molecule has 0 radical (unpaired) electrons. The molecule has 0 unspecified atom stereocenters. The SMILES string of the molecule is CC(C)[C@@H]1N(C(=O)CBr)C(=O)OC1(C)C. The molecule has 1 rings (SSSR count). The van der Waals surface area contributed by atoms with Crippen LogP contribution in [0.2, 0.25) is 0 Å². The number of nitrogens with zero attached hydrogens (tertiary/aromatic N) is 1. The molecular formula is C10H16BrNO3. The summed E-state index contributed by atoms with van der Waals surface area (Å²) in [4.78, 5) is 24.4. The van der Waals surface area contributed by atoms with Crippen molar-refractivity contribution in [3.63, 3.8) is 0 Å². The number of ether oxygens (including phenoxy) is 1. The lowest BCUT2D eigenvalue weighted by Gasteiger charge is -2.30. The van der Waals surface area contributed by atoms with Crippen LogP contribution in [0.3, 0.4) is 0 Å². The fourth-order valence-electron chi connectivity index (χ4n) is 2.18. The zero-order valence-corrected chi connectivity index (χ0v) is 11.0. The van der Waals surface area contributed by atoms with E-state index in [-0.39, 0.29) is 23.2 Å². The van der Waals surface area contributed by atoms with Crippen molar-refractivity contribution in [3.8, 4) is 0 Å². The normalized spacial score (nSPS) is 24.5. The number of carbonyl (C=O) groups excluding carboxylic acids is 2. The molecule has 2 amide bonds. The van der Waals surface area contributed by atoms with Crippen LogP contribution in [0.4, 0.5) is 4.79 Å². The maximum atomic E-state index is 11.6. The molecule has 1 aliphatic rings. The fourth-order valence-corrected chi connectivity index (χ4v) is 2.45. The van der Waals surface area contributed by atoms with Gasteiger partial charge < -0.3 is 4.74 Å². The van der Waals surface area contributed by atoms with Crippen LogP contribution in [-0.2, 0) is 9.53 Å². The minimum atomic E-state index is -0.608. The topological polar surface area (TPSA) is 46.6 Å². The van der Waals surface area contributed by atoms with Crippen LogP contribution in [0, 0.1) is 5.92 Å². The Morgan fingerprint density at radius 1 is 1.60 bits per heavy atom. The predicted octanol–water partition coefficient (Wildman–Crippen LogP) is 2.16. The Hall–Kier alpha value is -0.580. The lowest BCUT2D eigenvalue weighted by atomic mass is 9.89. The first-order valence-electron chi connectivity index (χ1n) is 4.92. The molecule has 1 saturated heterocycles. The Balaban J connectivity index is 3.03. The van der Waals surface area contributed by atoms with Crippen molar-refractivity contribution in [3.05, 3.63) is 0 Å². The first-order chi connectivity index (χ1) is 6.81. The van der Waals surface area contributed by atoms with Gasteiger partial charge in [-0.15, -0.1) is 0 Å². The standard InChI is InChI=1S/C10H16BrNO3/c1-6(2)8-10(3,4)15-9(14)12(8)7(13)5-11/h6,8H,5H2,1-4H3/t8-/m0/s1. The van der Waals surface area contributed by atoms with E-state index in [2.05, 4.69) is 15.9 Å². The van der Waals surface area contributed by atoms with E-state index >= 15 is 0 Å². The molecule has 15 heavy (non-hydrogen) atoms. The number of amides is 2. The maximum Gasteiger partial charge on any atom is 0.417 e. The van der Waals surface area contributed by atoms with Gasteiger partial charge in [0, 0.05) is 0 Å². The molecule has 0 bridgehead atoms. The summed E-state index contributed by atoms with van der Waals surface area (Å²) in [5, 5.41) is 0.140. The molecule has 0 spiro atoms. The Morgan fingerprint density at radius 2 is 2.13 bits per heavy atom. The van der Waals surface area contributed by atoms with E-state index in [1.807, 2.05) is 27.7 Å². The summed E-state index contributed by atoms with van der Waals surface area (Å²) in [6.07, 6.45) is -0.539. The van der Waals surface area contributed by atoms with Gasteiger partial charge in [-0.2, -0.15) is 0 Å². The van der Waals surface area contributed by atoms with Gasteiger partial charge in [-0.25, -0.2) is 9.69 Å². The van der Waals surface area contributed by atoms with E-state index in [1.165, 1.54) is 4.90 Å². The third-order valence-corrected chi connectivity index (χ3v) is 3.03. The molecule has 86 valence electrons. The maximum absolute atomic E-state index is 11.6. The quantitative estimate of drug-likeness (QED) is 0.727. The van der Waals surface area contributed by atoms with Crippen LogP contribution in [0.5, 0.6) is 0 Å². The number of hydrogen-bond acceptors (Lipinski definition) is 3. The molecule has 1 aliphatic heterocycles. The number of imide groups is 1. The largest absolute Gasteiger partial charge is 0.441 e. The summed E-state index contributed by atoms with van der Waals surface area (Å²) in [5.74, 6) is -0.0706. The molecule has 0 aromatic carbocycles. The summed E-state index contributed by atoms with van der Waals surface area (Å²) in [6.45, 7) is 7.61. The lowest BCUT2D eigenvalue weighted by Crippen LogP contribution is -2.48. The van der Waals surface area contributed by atoms with Gasteiger partial charge in [0.05, 0.1) is 11.4 Å². The summed E-state index contributed by atoms with van der Waals surface area (Å²) >= 11 is 3.07. The van der Waals surface area contributed by atoms with Crippen LogP contribution < -0.4 is 0 Å². The predicted molar refractivity (Wildman–Crippen MR) is 59.8 cm³/mol. The van der Waals surface area contributed by atoms with E-state index in [0.717, 1.165) is 0 Å². The minimum Gasteiger partial charge on any atom is -0.441 e. The second-order valence-electron chi connectivity index (χ2n) is 4.56. The van der Waals surface area contributed by atoms with Gasteiger partial charge in [0.15, 0.2) is 0 Å². The molecule has 1 atom stereocenters. The number of rotatable bonds is 2. The van der Waals surface area contributed by atoms with Gasteiger partial charge in [-0.3, -0.25) is 4.79 Å². The molecule has 0 aromatic rings. The van der Waals surface area contributed by atoms with Crippen LogP contribution in [-0.4, -0.2) is 33.9 Å². The van der Waals surface area contributed by atoms with E-state index in [0.29, 0.717) is 0 Å². The fraction of sp³-hybridized carbons (Fsp3) is 0.800. The molecule has 0 aromatic heterocycles. The third-order valence-electron chi connectivity index (χ3n) is 2.55. The summed E-state index contributed by atoms with van der Waals surface area (Å²) in [7, 11) is 0. The van der Waals surface area contributed by atoms with E-state index in [1.54, 1.807) is 0 Å². The monoisotopic (exact) mass is 277 g/mol. The second-order valence-corrected chi connectivity index (χ2v) is 5.12. The first kappa shape index (κ1) is 12.5. The average Bonchev–Trinajstić information content (AvgIpc) is 2.33. The zero-order chi connectivity index (χ0) is 11.8. The summed E-state index contributed by atoms with van der Waals surface area (Å²) in [5.41, 5.74) is -0.608. The zero-order valence-electron chi connectivity index (χ0n) is 9.41. The number of halogens is 1. The Morgan fingerprint density at radius 3 is 2.53 bits per heavy atom. The number of cyclic esters (lactones) is 1. The number of hydrogen-bond donors (Lipinski definition) is 0. The molecular weight excluding hydrogens is 262 g/mol. The van der Waals surface area contributed by atoms with Crippen molar-refractivity contribution in [1.82, 2.24) is 4.90 Å². The van der Waals surface area contributed by atoms with Crippen LogP contribution in [0.15, 0.2) is 0 Å². The van der Waals surface area contributed by atoms with Gasteiger partial charge in [0.2, 0.25) is 5.91 Å². The summed E-state index contributed by atoms with van der Waals surface area (Å²) < 4.78 is 5.20. The smallest absolute Gasteiger partial charge is 0.417 e. The first-order valence-corrected chi connectivity index (χ1v) is 6.04. The summed E-state index contributed by atoms with van der Waals surface area (Å²) in [6, 6.07) is -0.199. The van der Waals surface area contributed by atoms with Crippen molar-refractivity contribution in [2.45, 2.75) is 39.3 Å². The third kappa shape index (κ3) is 2.17. The molecule has 1 heterocycles.